The monoisotopic (exact) mass is 261 g/mol. The standard InChI is InChI=1S/C17H27NO/c1-4-19-17-11-15(12-17)10-16(18-3)9-14-7-5-6-13(2)8-14/h5-8,15-18H,4,9-12H2,1-3H3. The molecule has 2 heteroatoms. The fraction of sp³-hybridized carbons (Fsp3) is 0.647. The van der Waals surface area contributed by atoms with Crippen molar-refractivity contribution in [2.24, 2.45) is 5.92 Å². The minimum atomic E-state index is 0.534. The molecule has 2 nitrogen and oxygen atoms in total. The Kier molecular flexibility index (Phi) is 5.41. The van der Waals surface area contributed by atoms with Crippen LogP contribution in [-0.2, 0) is 11.2 Å². The van der Waals surface area contributed by atoms with Crippen molar-refractivity contribution in [3.63, 3.8) is 0 Å². The lowest BCUT2D eigenvalue weighted by Gasteiger charge is -2.37. The van der Waals surface area contributed by atoms with Crippen molar-refractivity contribution in [1.29, 1.82) is 0 Å². The first-order valence-corrected chi connectivity index (χ1v) is 7.55. The molecular weight excluding hydrogens is 234 g/mol. The Morgan fingerprint density at radius 3 is 2.79 bits per heavy atom. The number of likely N-dealkylation sites (N-methyl/N-ethyl adjacent to an activating group) is 1. The topological polar surface area (TPSA) is 21.3 Å². The molecule has 0 aliphatic heterocycles. The summed E-state index contributed by atoms with van der Waals surface area (Å²) in [5, 5.41) is 3.48. The van der Waals surface area contributed by atoms with E-state index in [1.165, 1.54) is 30.4 Å². The largest absolute Gasteiger partial charge is 0.378 e. The van der Waals surface area contributed by atoms with Gasteiger partial charge in [-0.3, -0.25) is 0 Å². The molecule has 106 valence electrons. The molecule has 0 radical (unpaired) electrons. The lowest BCUT2D eigenvalue weighted by atomic mass is 9.77. The summed E-state index contributed by atoms with van der Waals surface area (Å²) in [6.45, 7) is 5.11. The Bertz CT molecular complexity index is 385. The summed E-state index contributed by atoms with van der Waals surface area (Å²) in [7, 11) is 2.08. The van der Waals surface area contributed by atoms with Gasteiger partial charge in [0.25, 0.3) is 0 Å². The van der Waals surface area contributed by atoms with E-state index in [2.05, 4.69) is 50.5 Å². The highest BCUT2D eigenvalue weighted by atomic mass is 16.5. The van der Waals surface area contributed by atoms with Crippen LogP contribution in [0.3, 0.4) is 0 Å². The smallest absolute Gasteiger partial charge is 0.0580 e. The van der Waals surface area contributed by atoms with Crippen molar-refractivity contribution < 1.29 is 4.74 Å². The average molecular weight is 261 g/mol. The molecule has 1 aliphatic rings. The molecule has 0 bridgehead atoms. The third-order valence-corrected chi connectivity index (χ3v) is 4.19. The van der Waals surface area contributed by atoms with Crippen molar-refractivity contribution in [3.05, 3.63) is 35.4 Å². The molecular formula is C17H27NO. The van der Waals surface area contributed by atoms with Crippen LogP contribution >= 0.6 is 0 Å². The van der Waals surface area contributed by atoms with E-state index < -0.39 is 0 Å². The molecule has 1 N–H and O–H groups in total. The van der Waals surface area contributed by atoms with Crippen LogP contribution in [0, 0.1) is 12.8 Å². The molecule has 1 saturated carbocycles. The summed E-state index contributed by atoms with van der Waals surface area (Å²) in [5.41, 5.74) is 2.80. The lowest BCUT2D eigenvalue weighted by molar-refractivity contribution is -0.0288. The van der Waals surface area contributed by atoms with Gasteiger partial charge in [-0.05, 0) is 58.1 Å². The average Bonchev–Trinajstić information content (AvgIpc) is 2.35. The van der Waals surface area contributed by atoms with Crippen LogP contribution in [0.1, 0.15) is 37.3 Å². The van der Waals surface area contributed by atoms with Gasteiger partial charge in [0.15, 0.2) is 0 Å². The molecule has 0 saturated heterocycles. The third kappa shape index (κ3) is 4.32. The van der Waals surface area contributed by atoms with E-state index in [-0.39, 0.29) is 0 Å². The predicted molar refractivity (Wildman–Crippen MR) is 80.5 cm³/mol. The van der Waals surface area contributed by atoms with E-state index in [9.17, 15) is 0 Å². The molecule has 19 heavy (non-hydrogen) atoms. The summed E-state index contributed by atoms with van der Waals surface area (Å²) in [6, 6.07) is 9.45. The van der Waals surface area contributed by atoms with Crippen molar-refractivity contribution in [2.45, 2.75) is 51.7 Å². The van der Waals surface area contributed by atoms with Crippen molar-refractivity contribution in [3.8, 4) is 0 Å². The van der Waals surface area contributed by atoms with E-state index in [1.54, 1.807) is 0 Å². The number of hydrogen-bond donors (Lipinski definition) is 1. The normalized spacial score (nSPS) is 23.9. The third-order valence-electron chi connectivity index (χ3n) is 4.19. The zero-order valence-electron chi connectivity index (χ0n) is 12.5. The second-order valence-electron chi connectivity index (χ2n) is 5.83. The maximum atomic E-state index is 5.64. The zero-order valence-corrected chi connectivity index (χ0v) is 12.5. The quantitative estimate of drug-likeness (QED) is 0.813. The molecule has 1 aromatic carbocycles. The van der Waals surface area contributed by atoms with E-state index in [0.29, 0.717) is 12.1 Å². The maximum absolute atomic E-state index is 5.64. The van der Waals surface area contributed by atoms with Gasteiger partial charge >= 0.3 is 0 Å². The maximum Gasteiger partial charge on any atom is 0.0580 e. The number of aryl methyl sites for hydroxylation is 1. The molecule has 1 aromatic rings. The first kappa shape index (κ1) is 14.5. The van der Waals surface area contributed by atoms with E-state index in [4.69, 9.17) is 4.74 Å². The van der Waals surface area contributed by atoms with Crippen molar-refractivity contribution in [2.75, 3.05) is 13.7 Å². The van der Waals surface area contributed by atoms with Crippen LogP contribution in [0.2, 0.25) is 0 Å². The van der Waals surface area contributed by atoms with Gasteiger partial charge in [0.2, 0.25) is 0 Å². The number of rotatable bonds is 7. The SMILES string of the molecule is CCOC1CC(CC(Cc2cccc(C)c2)NC)C1. The number of benzene rings is 1. The number of nitrogens with one attached hydrogen (secondary N) is 1. The van der Waals surface area contributed by atoms with Crippen LogP contribution in [0.25, 0.3) is 0 Å². The fourth-order valence-corrected chi connectivity index (χ4v) is 3.07. The van der Waals surface area contributed by atoms with Gasteiger partial charge in [0.1, 0.15) is 0 Å². The first-order valence-electron chi connectivity index (χ1n) is 7.55. The highest BCUT2D eigenvalue weighted by Crippen LogP contribution is 2.34. The minimum Gasteiger partial charge on any atom is -0.378 e. The van der Waals surface area contributed by atoms with Crippen molar-refractivity contribution >= 4 is 0 Å². The Labute approximate surface area is 117 Å². The Balaban J connectivity index is 1.78. The number of hydrogen-bond acceptors (Lipinski definition) is 2. The molecule has 0 spiro atoms. The molecule has 1 atom stereocenters. The molecule has 1 aliphatic carbocycles. The summed E-state index contributed by atoms with van der Waals surface area (Å²) < 4.78 is 5.64. The van der Waals surface area contributed by atoms with Gasteiger partial charge in [-0.25, -0.2) is 0 Å². The highest BCUT2D eigenvalue weighted by molar-refractivity contribution is 5.23. The molecule has 2 rings (SSSR count). The predicted octanol–water partition coefficient (Wildman–Crippen LogP) is 3.33. The van der Waals surface area contributed by atoms with Crippen LogP contribution < -0.4 is 5.32 Å². The summed E-state index contributed by atoms with van der Waals surface area (Å²) >= 11 is 0. The Hall–Kier alpha value is -0.860. The molecule has 0 heterocycles. The van der Waals surface area contributed by atoms with Gasteiger partial charge in [-0.15, -0.1) is 0 Å². The van der Waals surface area contributed by atoms with E-state index in [1.807, 2.05) is 0 Å². The van der Waals surface area contributed by atoms with Crippen LogP contribution in [0.15, 0.2) is 24.3 Å². The van der Waals surface area contributed by atoms with Gasteiger partial charge in [-0.2, -0.15) is 0 Å². The minimum absolute atomic E-state index is 0.534. The highest BCUT2D eigenvalue weighted by Gasteiger charge is 2.30. The second kappa shape index (κ2) is 7.06. The Morgan fingerprint density at radius 2 is 2.16 bits per heavy atom. The molecule has 1 fully saturated rings. The molecule has 0 amide bonds. The second-order valence-corrected chi connectivity index (χ2v) is 5.83. The lowest BCUT2D eigenvalue weighted by Crippen LogP contribution is -2.38. The van der Waals surface area contributed by atoms with Crippen LogP contribution in [0.4, 0.5) is 0 Å². The summed E-state index contributed by atoms with van der Waals surface area (Å²) in [6.07, 6.45) is 5.44. The summed E-state index contributed by atoms with van der Waals surface area (Å²) in [5.74, 6) is 0.846. The zero-order chi connectivity index (χ0) is 13.7. The first-order chi connectivity index (χ1) is 9.21. The fourth-order valence-electron chi connectivity index (χ4n) is 3.07. The van der Waals surface area contributed by atoms with E-state index in [0.717, 1.165) is 18.9 Å². The van der Waals surface area contributed by atoms with Gasteiger partial charge < -0.3 is 10.1 Å². The Morgan fingerprint density at radius 1 is 1.37 bits per heavy atom. The molecule has 0 aromatic heterocycles. The van der Waals surface area contributed by atoms with Gasteiger partial charge in [-0.1, -0.05) is 29.8 Å². The van der Waals surface area contributed by atoms with Gasteiger partial charge in [0, 0.05) is 12.6 Å². The van der Waals surface area contributed by atoms with Crippen LogP contribution in [0.5, 0.6) is 0 Å². The molecule has 1 unspecified atom stereocenters. The number of ether oxygens (including phenoxy) is 1. The summed E-state index contributed by atoms with van der Waals surface area (Å²) in [4.78, 5) is 0. The van der Waals surface area contributed by atoms with E-state index >= 15 is 0 Å². The van der Waals surface area contributed by atoms with Crippen LogP contribution in [-0.4, -0.2) is 25.8 Å². The van der Waals surface area contributed by atoms with Gasteiger partial charge in [0.05, 0.1) is 6.10 Å². The van der Waals surface area contributed by atoms with Crippen molar-refractivity contribution in [1.82, 2.24) is 5.32 Å².